The summed E-state index contributed by atoms with van der Waals surface area (Å²) in [5.41, 5.74) is 3.48. The molecule has 4 rings (SSSR count). The van der Waals surface area contributed by atoms with Gasteiger partial charge >= 0.3 is 0 Å². The molecule has 1 saturated carbocycles. The summed E-state index contributed by atoms with van der Waals surface area (Å²) in [4.78, 5) is 12.4. The molecule has 2 aliphatic rings. The van der Waals surface area contributed by atoms with Gasteiger partial charge in [0.1, 0.15) is 13.2 Å². The predicted octanol–water partition coefficient (Wildman–Crippen LogP) is 2.52. The third kappa shape index (κ3) is 2.75. The van der Waals surface area contributed by atoms with Crippen molar-refractivity contribution >= 4 is 5.91 Å². The normalized spacial score (nSPS) is 21.4. The van der Waals surface area contributed by atoms with Gasteiger partial charge in [0.05, 0.1) is 6.54 Å². The first-order valence-electron chi connectivity index (χ1n) is 8.42. The molecule has 0 radical (unpaired) electrons. The van der Waals surface area contributed by atoms with Crippen molar-refractivity contribution in [1.82, 2.24) is 9.88 Å². The molecule has 0 spiro atoms. The summed E-state index contributed by atoms with van der Waals surface area (Å²) < 4.78 is 13.3. The van der Waals surface area contributed by atoms with E-state index in [9.17, 15) is 4.79 Å². The van der Waals surface area contributed by atoms with Crippen molar-refractivity contribution in [3.05, 3.63) is 47.3 Å². The number of nitrogens with zero attached hydrogens (tertiary/aromatic N) is 1. The fourth-order valence-corrected chi connectivity index (χ4v) is 3.30. The number of aryl methyl sites for hydroxylation is 1. The second kappa shape index (κ2) is 5.89. The van der Waals surface area contributed by atoms with Crippen molar-refractivity contribution in [1.29, 1.82) is 0 Å². The van der Waals surface area contributed by atoms with E-state index in [0.717, 1.165) is 29.2 Å². The molecule has 1 amide bonds. The highest BCUT2D eigenvalue weighted by atomic mass is 16.6. The lowest BCUT2D eigenvalue weighted by Crippen LogP contribution is -2.26. The van der Waals surface area contributed by atoms with Gasteiger partial charge in [0.2, 0.25) is 5.91 Å². The van der Waals surface area contributed by atoms with Crippen molar-refractivity contribution in [2.24, 2.45) is 13.0 Å². The van der Waals surface area contributed by atoms with E-state index in [0.29, 0.717) is 19.8 Å². The maximum atomic E-state index is 12.4. The Bertz CT molecular complexity index is 781. The number of ether oxygens (including phenoxy) is 2. The highest BCUT2D eigenvalue weighted by Gasteiger charge is 2.44. The van der Waals surface area contributed by atoms with E-state index in [4.69, 9.17) is 9.47 Å². The van der Waals surface area contributed by atoms with Crippen molar-refractivity contribution < 1.29 is 14.3 Å². The van der Waals surface area contributed by atoms with E-state index in [1.807, 2.05) is 25.2 Å². The zero-order valence-electron chi connectivity index (χ0n) is 14.0. The van der Waals surface area contributed by atoms with Crippen LogP contribution in [0.1, 0.15) is 29.3 Å². The Morgan fingerprint density at radius 3 is 2.75 bits per heavy atom. The Hall–Kier alpha value is -2.43. The molecule has 1 aliphatic heterocycles. The number of carbonyl (C=O) groups is 1. The molecule has 1 N–H and O–H groups in total. The Kier molecular flexibility index (Phi) is 3.71. The van der Waals surface area contributed by atoms with Crippen LogP contribution in [0.4, 0.5) is 0 Å². The number of hydrogen-bond donors (Lipinski definition) is 1. The molecule has 1 aromatic carbocycles. The van der Waals surface area contributed by atoms with Crippen LogP contribution in [0.3, 0.4) is 0 Å². The molecule has 1 aromatic heterocycles. The number of fused-ring (bicyclic) bond motifs is 1. The van der Waals surface area contributed by atoms with Gasteiger partial charge < -0.3 is 19.4 Å². The minimum absolute atomic E-state index is 0.0638. The summed E-state index contributed by atoms with van der Waals surface area (Å²) in [6.07, 6.45) is 0.900. The van der Waals surface area contributed by atoms with E-state index in [1.54, 1.807) is 0 Å². The van der Waals surface area contributed by atoms with Crippen LogP contribution in [0.5, 0.6) is 11.5 Å². The van der Waals surface area contributed by atoms with Crippen LogP contribution in [0.25, 0.3) is 0 Å². The number of rotatable bonds is 4. The Balaban J connectivity index is 1.37. The summed E-state index contributed by atoms with van der Waals surface area (Å²) in [5, 5.41) is 3.06. The van der Waals surface area contributed by atoms with E-state index in [-0.39, 0.29) is 17.7 Å². The summed E-state index contributed by atoms with van der Waals surface area (Å²) >= 11 is 0. The summed E-state index contributed by atoms with van der Waals surface area (Å²) in [6.45, 7) is 3.82. The van der Waals surface area contributed by atoms with Crippen LogP contribution in [0.15, 0.2) is 30.3 Å². The quantitative estimate of drug-likeness (QED) is 0.939. The fraction of sp³-hybridized carbons (Fsp3) is 0.421. The average Bonchev–Trinajstić information content (AvgIpc) is 3.35. The molecule has 1 fully saturated rings. The lowest BCUT2D eigenvalue weighted by Gasteiger charge is -2.18. The molecule has 5 nitrogen and oxygen atoms in total. The Labute approximate surface area is 141 Å². The maximum Gasteiger partial charge on any atom is 0.224 e. The molecule has 5 heteroatoms. The van der Waals surface area contributed by atoms with E-state index in [2.05, 4.69) is 28.9 Å². The van der Waals surface area contributed by atoms with E-state index >= 15 is 0 Å². The van der Waals surface area contributed by atoms with Gasteiger partial charge in [0.25, 0.3) is 0 Å². The minimum Gasteiger partial charge on any atom is -0.486 e. The number of aromatic nitrogens is 1. The first-order chi connectivity index (χ1) is 11.6. The first kappa shape index (κ1) is 15.1. The molecular weight excluding hydrogens is 304 g/mol. The second-order valence-electron chi connectivity index (χ2n) is 6.59. The maximum absolute atomic E-state index is 12.4. The number of benzene rings is 1. The van der Waals surface area contributed by atoms with Crippen LogP contribution in [0.2, 0.25) is 0 Å². The van der Waals surface area contributed by atoms with Gasteiger partial charge in [-0.2, -0.15) is 0 Å². The highest BCUT2D eigenvalue weighted by molar-refractivity contribution is 5.82. The van der Waals surface area contributed by atoms with Crippen LogP contribution in [-0.4, -0.2) is 23.7 Å². The van der Waals surface area contributed by atoms with Gasteiger partial charge in [-0.25, -0.2) is 0 Å². The van der Waals surface area contributed by atoms with Gasteiger partial charge in [-0.05, 0) is 49.1 Å². The summed E-state index contributed by atoms with van der Waals surface area (Å²) in [5.74, 6) is 2.08. The lowest BCUT2D eigenvalue weighted by molar-refractivity contribution is -0.122. The van der Waals surface area contributed by atoms with Crippen LogP contribution >= 0.6 is 0 Å². The second-order valence-corrected chi connectivity index (χ2v) is 6.59. The molecule has 2 heterocycles. The zero-order chi connectivity index (χ0) is 16.7. The number of amides is 1. The minimum atomic E-state index is 0.0638. The van der Waals surface area contributed by atoms with Crippen LogP contribution < -0.4 is 14.8 Å². The van der Waals surface area contributed by atoms with E-state index < -0.39 is 0 Å². The third-order valence-corrected chi connectivity index (χ3v) is 5.04. The number of hydrogen-bond acceptors (Lipinski definition) is 3. The standard InChI is InChI=1S/C19H22N2O3/c1-12-3-5-14(21(12)2)11-20-19(22)16-10-15(16)13-4-6-17-18(9-13)24-8-7-23-17/h3-6,9,15-16H,7-8,10-11H2,1-2H3,(H,20,22)/t15-,16-/m1/s1. The lowest BCUT2D eigenvalue weighted by atomic mass is 10.1. The first-order valence-corrected chi connectivity index (χ1v) is 8.42. The number of nitrogens with one attached hydrogen (secondary N) is 1. The fourth-order valence-electron chi connectivity index (χ4n) is 3.30. The van der Waals surface area contributed by atoms with Gasteiger partial charge in [-0.3, -0.25) is 4.79 Å². The molecule has 1 aliphatic carbocycles. The molecule has 0 saturated heterocycles. The Morgan fingerprint density at radius 1 is 1.21 bits per heavy atom. The van der Waals surface area contributed by atoms with Gasteiger partial charge in [-0.15, -0.1) is 0 Å². The van der Waals surface area contributed by atoms with Crippen molar-refractivity contribution in [2.45, 2.75) is 25.8 Å². The van der Waals surface area contributed by atoms with Crippen molar-refractivity contribution in [2.75, 3.05) is 13.2 Å². The largest absolute Gasteiger partial charge is 0.486 e. The average molecular weight is 326 g/mol. The van der Waals surface area contributed by atoms with Crippen molar-refractivity contribution in [3.63, 3.8) is 0 Å². The van der Waals surface area contributed by atoms with Crippen molar-refractivity contribution in [3.8, 4) is 11.5 Å². The topological polar surface area (TPSA) is 52.5 Å². The molecule has 24 heavy (non-hydrogen) atoms. The summed E-state index contributed by atoms with van der Waals surface area (Å²) in [6, 6.07) is 10.1. The molecule has 2 atom stereocenters. The smallest absolute Gasteiger partial charge is 0.224 e. The van der Waals surface area contributed by atoms with E-state index in [1.165, 1.54) is 5.69 Å². The molecule has 0 bridgehead atoms. The Morgan fingerprint density at radius 2 is 2.00 bits per heavy atom. The molecular formula is C19H22N2O3. The monoisotopic (exact) mass is 326 g/mol. The number of carbonyl (C=O) groups excluding carboxylic acids is 1. The van der Waals surface area contributed by atoms with Gasteiger partial charge in [0, 0.05) is 24.4 Å². The predicted molar refractivity (Wildman–Crippen MR) is 90.3 cm³/mol. The molecule has 0 unspecified atom stereocenters. The zero-order valence-corrected chi connectivity index (χ0v) is 14.0. The highest BCUT2D eigenvalue weighted by Crippen LogP contribution is 2.49. The third-order valence-electron chi connectivity index (χ3n) is 5.04. The molecule has 126 valence electrons. The molecule has 2 aromatic rings. The van der Waals surface area contributed by atoms with Crippen LogP contribution in [0, 0.1) is 12.8 Å². The SMILES string of the molecule is Cc1ccc(CNC(=O)[C@@H]2C[C@@H]2c2ccc3c(c2)OCCO3)n1C. The van der Waals surface area contributed by atoms with Gasteiger partial charge in [-0.1, -0.05) is 6.07 Å². The van der Waals surface area contributed by atoms with Crippen LogP contribution in [-0.2, 0) is 18.4 Å². The summed E-state index contributed by atoms with van der Waals surface area (Å²) in [7, 11) is 2.02. The van der Waals surface area contributed by atoms with Gasteiger partial charge in [0.15, 0.2) is 11.5 Å².